The molecule has 0 spiro atoms. The summed E-state index contributed by atoms with van der Waals surface area (Å²) in [6, 6.07) is 0. The molecule has 1 atom stereocenters. The normalized spacial score (nSPS) is 26.0. The van der Waals surface area contributed by atoms with Crippen LogP contribution in [0.2, 0.25) is 0 Å². The van der Waals surface area contributed by atoms with E-state index in [9.17, 15) is 0 Å². The number of thiazole rings is 1. The third kappa shape index (κ3) is 1.84. The van der Waals surface area contributed by atoms with E-state index in [2.05, 4.69) is 29.3 Å². The second kappa shape index (κ2) is 4.45. The Bertz CT molecular complexity index is 429. The van der Waals surface area contributed by atoms with Crippen molar-refractivity contribution in [3.63, 3.8) is 0 Å². The fraction of sp³-hybridized carbons (Fsp3) is 0.750. The Morgan fingerprint density at radius 3 is 3.00 bits per heavy atom. The summed E-state index contributed by atoms with van der Waals surface area (Å²) in [5.74, 6) is 0. The highest BCUT2D eigenvalue weighted by molar-refractivity contribution is 7.13. The van der Waals surface area contributed by atoms with E-state index >= 15 is 0 Å². The molecule has 2 aliphatic rings. The quantitative estimate of drug-likeness (QED) is 0.876. The third-order valence-corrected chi connectivity index (χ3v) is 4.86. The first-order valence-electron chi connectivity index (χ1n) is 6.39. The van der Waals surface area contributed by atoms with Crippen LogP contribution in [0.25, 0.3) is 0 Å². The van der Waals surface area contributed by atoms with Gasteiger partial charge in [0.05, 0.1) is 17.8 Å². The van der Waals surface area contributed by atoms with Gasteiger partial charge in [-0.2, -0.15) is 0 Å². The molecule has 2 heterocycles. The average Bonchev–Trinajstić information content (AvgIpc) is 2.84. The first-order valence-corrected chi connectivity index (χ1v) is 7.27. The summed E-state index contributed by atoms with van der Waals surface area (Å²) in [5.41, 5.74) is 7.11. The predicted octanol–water partition coefficient (Wildman–Crippen LogP) is 0.815. The van der Waals surface area contributed by atoms with E-state index in [1.165, 1.54) is 18.5 Å². The number of hydrogen-bond acceptors (Lipinski definition) is 6. The number of nitrogens with two attached hydrogens (primary N) is 1. The molecule has 0 aromatic carbocycles. The summed E-state index contributed by atoms with van der Waals surface area (Å²) in [5, 5.41) is 3.24. The van der Waals surface area contributed by atoms with Crippen LogP contribution in [0, 0.1) is 0 Å². The van der Waals surface area contributed by atoms with Crippen molar-refractivity contribution in [2.24, 2.45) is 5.73 Å². The lowest BCUT2D eigenvalue weighted by Gasteiger charge is -2.23. The zero-order chi connectivity index (χ0) is 12.8. The van der Waals surface area contributed by atoms with Crippen molar-refractivity contribution in [2.75, 3.05) is 38.7 Å². The van der Waals surface area contributed by atoms with E-state index < -0.39 is 0 Å². The number of nitrogens with zero attached hydrogens (tertiary/aromatic N) is 3. The van der Waals surface area contributed by atoms with Gasteiger partial charge in [-0.25, -0.2) is 4.98 Å². The Morgan fingerprint density at radius 2 is 2.39 bits per heavy atom. The molecule has 1 saturated heterocycles. The van der Waals surface area contributed by atoms with E-state index in [4.69, 9.17) is 15.5 Å². The average molecular weight is 268 g/mol. The maximum absolute atomic E-state index is 5.72. The molecule has 1 aromatic rings. The second-order valence-corrected chi connectivity index (χ2v) is 6.03. The Balaban J connectivity index is 1.82. The van der Waals surface area contributed by atoms with E-state index in [1.807, 2.05) is 0 Å². The predicted molar refractivity (Wildman–Crippen MR) is 72.9 cm³/mol. The molecule has 0 radical (unpaired) electrons. The van der Waals surface area contributed by atoms with Gasteiger partial charge < -0.3 is 15.4 Å². The number of aromatic nitrogens is 1. The molecule has 5 nitrogen and oxygen atoms in total. The molecule has 1 unspecified atom stereocenters. The highest BCUT2D eigenvalue weighted by atomic mass is 32.1. The Labute approximate surface area is 112 Å². The number of anilines is 1. The van der Waals surface area contributed by atoms with Crippen LogP contribution in [0.3, 0.4) is 0 Å². The van der Waals surface area contributed by atoms with E-state index in [1.54, 1.807) is 11.3 Å². The summed E-state index contributed by atoms with van der Waals surface area (Å²) in [6.45, 7) is 2.16. The summed E-state index contributed by atoms with van der Waals surface area (Å²) in [6.07, 6.45) is 2.42. The molecular formula is C12H20N4OS. The molecule has 6 heteroatoms. The van der Waals surface area contributed by atoms with Gasteiger partial charge in [0.2, 0.25) is 0 Å². The van der Waals surface area contributed by atoms with Crippen LogP contribution in [0.15, 0.2) is 5.38 Å². The number of ether oxygens (including phenoxy) is 1. The lowest BCUT2D eigenvalue weighted by molar-refractivity contribution is 0.119. The molecule has 100 valence electrons. The van der Waals surface area contributed by atoms with Gasteiger partial charge in [0, 0.05) is 18.5 Å². The van der Waals surface area contributed by atoms with E-state index in [0.717, 1.165) is 18.3 Å². The zero-order valence-corrected chi connectivity index (χ0v) is 11.7. The summed E-state index contributed by atoms with van der Waals surface area (Å²) in [7, 11) is 4.27. The molecule has 3 rings (SSSR count). The summed E-state index contributed by atoms with van der Waals surface area (Å²) >= 11 is 1.70. The van der Waals surface area contributed by atoms with Crippen molar-refractivity contribution in [3.05, 3.63) is 11.1 Å². The van der Waals surface area contributed by atoms with Crippen LogP contribution in [0.1, 0.15) is 18.5 Å². The fourth-order valence-corrected chi connectivity index (χ4v) is 3.58. The maximum Gasteiger partial charge on any atom is 0.187 e. The van der Waals surface area contributed by atoms with Crippen LogP contribution < -0.4 is 10.6 Å². The van der Waals surface area contributed by atoms with E-state index in [0.29, 0.717) is 6.54 Å². The first-order chi connectivity index (χ1) is 8.67. The largest absolute Gasteiger partial charge is 0.355 e. The molecule has 1 saturated carbocycles. The van der Waals surface area contributed by atoms with Crippen molar-refractivity contribution >= 4 is 16.5 Å². The van der Waals surface area contributed by atoms with Gasteiger partial charge in [0.15, 0.2) is 5.13 Å². The molecule has 0 amide bonds. The van der Waals surface area contributed by atoms with Crippen molar-refractivity contribution in [1.29, 1.82) is 0 Å². The van der Waals surface area contributed by atoms with Gasteiger partial charge in [-0.3, -0.25) is 4.90 Å². The van der Waals surface area contributed by atoms with Gasteiger partial charge in [-0.05, 0) is 26.9 Å². The monoisotopic (exact) mass is 268 g/mol. The Morgan fingerprint density at radius 1 is 1.61 bits per heavy atom. The van der Waals surface area contributed by atoms with E-state index in [-0.39, 0.29) is 11.8 Å². The Kier molecular flexibility index (Phi) is 3.05. The zero-order valence-electron chi connectivity index (χ0n) is 10.9. The summed E-state index contributed by atoms with van der Waals surface area (Å²) < 4.78 is 5.58. The molecular weight excluding hydrogens is 248 g/mol. The van der Waals surface area contributed by atoms with Crippen molar-refractivity contribution < 1.29 is 4.74 Å². The van der Waals surface area contributed by atoms with Crippen molar-refractivity contribution in [2.45, 2.75) is 24.6 Å². The minimum atomic E-state index is -0.00138. The summed E-state index contributed by atoms with van der Waals surface area (Å²) in [4.78, 5) is 9.28. The molecule has 1 aliphatic carbocycles. The Hall–Kier alpha value is -0.690. The minimum absolute atomic E-state index is 0.00138. The van der Waals surface area contributed by atoms with Crippen molar-refractivity contribution in [3.8, 4) is 0 Å². The van der Waals surface area contributed by atoms with Crippen LogP contribution >= 0.6 is 11.3 Å². The second-order valence-electron chi connectivity index (χ2n) is 5.20. The van der Waals surface area contributed by atoms with Crippen LogP contribution in [0.4, 0.5) is 5.13 Å². The van der Waals surface area contributed by atoms with Crippen LogP contribution in [-0.2, 0) is 10.3 Å². The highest BCUT2D eigenvalue weighted by Crippen LogP contribution is 2.50. The first kappa shape index (κ1) is 12.3. The molecule has 1 aliphatic heterocycles. The lowest BCUT2D eigenvalue weighted by Crippen LogP contribution is -2.36. The number of rotatable bonds is 4. The molecule has 18 heavy (non-hydrogen) atoms. The van der Waals surface area contributed by atoms with Gasteiger partial charge >= 0.3 is 0 Å². The highest BCUT2D eigenvalue weighted by Gasteiger charge is 2.48. The maximum atomic E-state index is 5.72. The topological polar surface area (TPSA) is 54.6 Å². The third-order valence-electron chi connectivity index (χ3n) is 3.99. The fourth-order valence-electron chi connectivity index (χ4n) is 2.60. The SMILES string of the molecule is CN(C)C1(c2csc(N3CCOC3CN)n2)CC1. The standard InChI is InChI=1S/C12H20N4OS/c1-15(2)12(3-4-12)9-8-18-11(14-9)16-5-6-17-10(16)7-13/h8,10H,3-7,13H2,1-2H3. The molecule has 0 bridgehead atoms. The van der Waals surface area contributed by atoms with Crippen LogP contribution in [-0.4, -0.2) is 49.9 Å². The van der Waals surface area contributed by atoms with Gasteiger partial charge in [-0.15, -0.1) is 11.3 Å². The lowest BCUT2D eigenvalue weighted by atomic mass is 10.2. The minimum Gasteiger partial charge on any atom is -0.355 e. The van der Waals surface area contributed by atoms with Gasteiger partial charge in [0.1, 0.15) is 6.23 Å². The van der Waals surface area contributed by atoms with Crippen LogP contribution in [0.5, 0.6) is 0 Å². The van der Waals surface area contributed by atoms with Gasteiger partial charge in [-0.1, -0.05) is 0 Å². The number of hydrogen-bond donors (Lipinski definition) is 1. The van der Waals surface area contributed by atoms with Crippen molar-refractivity contribution in [1.82, 2.24) is 9.88 Å². The molecule has 1 aromatic heterocycles. The smallest absolute Gasteiger partial charge is 0.187 e. The molecule has 2 N–H and O–H groups in total. The molecule has 2 fully saturated rings. The van der Waals surface area contributed by atoms with Gasteiger partial charge in [0.25, 0.3) is 0 Å².